The zero-order valence-electron chi connectivity index (χ0n) is 18.8. The van der Waals surface area contributed by atoms with E-state index >= 15 is 0 Å². The number of piperidine rings is 1. The molecule has 4 rings (SSSR count). The molecule has 7 nitrogen and oxygen atoms in total. The van der Waals surface area contributed by atoms with Crippen LogP contribution in [0, 0.1) is 5.92 Å². The molecule has 32 heavy (non-hydrogen) atoms. The van der Waals surface area contributed by atoms with Crippen molar-refractivity contribution < 1.29 is 4.79 Å². The van der Waals surface area contributed by atoms with Crippen LogP contribution in [0.15, 0.2) is 42.7 Å². The van der Waals surface area contributed by atoms with E-state index in [9.17, 15) is 4.79 Å². The van der Waals surface area contributed by atoms with E-state index in [4.69, 9.17) is 11.6 Å². The van der Waals surface area contributed by atoms with Crippen molar-refractivity contribution in [2.45, 2.75) is 38.8 Å². The number of aromatic nitrogens is 2. The van der Waals surface area contributed by atoms with Crippen LogP contribution in [0.3, 0.4) is 0 Å². The molecule has 2 saturated heterocycles. The third-order valence-corrected chi connectivity index (χ3v) is 6.76. The molecule has 0 saturated carbocycles. The second-order valence-electron chi connectivity index (χ2n) is 8.92. The number of benzene rings is 1. The second-order valence-corrected chi connectivity index (χ2v) is 9.35. The molecule has 0 bridgehead atoms. The molecule has 1 aromatic heterocycles. The first-order valence-electron chi connectivity index (χ1n) is 11.6. The van der Waals surface area contributed by atoms with Gasteiger partial charge in [0.1, 0.15) is 0 Å². The normalized spacial score (nSPS) is 20.4. The maximum absolute atomic E-state index is 12.7. The maximum atomic E-state index is 12.7. The first-order valence-corrected chi connectivity index (χ1v) is 12.0. The van der Waals surface area contributed by atoms with Gasteiger partial charge < -0.3 is 15.1 Å². The Balaban J connectivity index is 1.14. The Labute approximate surface area is 195 Å². The molecule has 1 N–H and O–H groups in total. The highest BCUT2D eigenvalue weighted by atomic mass is 35.5. The topological polar surface area (TPSA) is 64.6 Å². The number of carbonyl (C=O) groups excluding carboxylic acids is 1. The van der Waals surface area contributed by atoms with Crippen LogP contribution in [-0.2, 0) is 6.54 Å². The van der Waals surface area contributed by atoms with E-state index in [1.165, 1.54) is 18.4 Å². The van der Waals surface area contributed by atoms with Crippen molar-refractivity contribution in [2.75, 3.05) is 44.2 Å². The van der Waals surface area contributed by atoms with Gasteiger partial charge in [0.05, 0.1) is 17.4 Å². The second kappa shape index (κ2) is 11.0. The summed E-state index contributed by atoms with van der Waals surface area (Å²) in [6, 6.07) is 10.8. The lowest BCUT2D eigenvalue weighted by Crippen LogP contribution is -2.57. The van der Waals surface area contributed by atoms with E-state index in [-0.39, 0.29) is 12.1 Å². The van der Waals surface area contributed by atoms with E-state index in [2.05, 4.69) is 62.3 Å². The Bertz CT molecular complexity index is 857. The van der Waals surface area contributed by atoms with Crippen molar-refractivity contribution >= 4 is 23.6 Å². The summed E-state index contributed by atoms with van der Waals surface area (Å²) in [5, 5.41) is 3.68. The Morgan fingerprint density at radius 1 is 1.09 bits per heavy atom. The molecule has 3 heterocycles. The smallest absolute Gasteiger partial charge is 0.317 e. The predicted molar refractivity (Wildman–Crippen MR) is 128 cm³/mol. The molecule has 2 amide bonds. The number of halogens is 1. The monoisotopic (exact) mass is 456 g/mol. The predicted octanol–water partition coefficient (Wildman–Crippen LogP) is 3.65. The number of urea groups is 1. The zero-order valence-corrected chi connectivity index (χ0v) is 19.5. The molecule has 1 atom stereocenters. The van der Waals surface area contributed by atoms with Gasteiger partial charge in [0.15, 0.2) is 0 Å². The first kappa shape index (κ1) is 22.8. The van der Waals surface area contributed by atoms with E-state index in [1.54, 1.807) is 12.4 Å². The highest BCUT2D eigenvalue weighted by Crippen LogP contribution is 2.22. The van der Waals surface area contributed by atoms with Crippen LogP contribution in [0.1, 0.15) is 31.7 Å². The van der Waals surface area contributed by atoms with Crippen molar-refractivity contribution in [1.29, 1.82) is 0 Å². The van der Waals surface area contributed by atoms with E-state index in [0.29, 0.717) is 23.4 Å². The van der Waals surface area contributed by atoms with Crippen LogP contribution in [0.5, 0.6) is 0 Å². The summed E-state index contributed by atoms with van der Waals surface area (Å²) >= 11 is 5.88. The first-order chi connectivity index (χ1) is 15.6. The molecular formula is C24H33ClN6O. The van der Waals surface area contributed by atoms with Crippen molar-refractivity contribution in [1.82, 2.24) is 25.1 Å². The summed E-state index contributed by atoms with van der Waals surface area (Å²) in [6.07, 6.45) is 6.69. The molecule has 8 heteroatoms. The van der Waals surface area contributed by atoms with Crippen LogP contribution in [0.4, 0.5) is 10.7 Å². The van der Waals surface area contributed by atoms with Gasteiger partial charge in [-0.3, -0.25) is 4.90 Å². The number of nitrogens with zero attached hydrogens (tertiary/aromatic N) is 5. The number of hydrogen-bond acceptors (Lipinski definition) is 5. The average molecular weight is 457 g/mol. The molecule has 0 unspecified atom stereocenters. The summed E-state index contributed by atoms with van der Waals surface area (Å²) in [4.78, 5) is 27.9. The van der Waals surface area contributed by atoms with Crippen LogP contribution < -0.4 is 10.2 Å². The van der Waals surface area contributed by atoms with Crippen LogP contribution >= 0.6 is 11.6 Å². The standard InChI is InChI=1S/C24H33ClN6O/c1-19-17-30(23-27-15-22(25)16-28-23)13-14-31(19)24(32)26-10-7-20-8-11-29(12-9-20)18-21-5-3-2-4-6-21/h2-6,15-16,19-20H,7-14,17-18H2,1H3,(H,26,32)/t19-/m1/s1. The summed E-state index contributed by atoms with van der Waals surface area (Å²) in [5.74, 6) is 1.36. The average Bonchev–Trinajstić information content (AvgIpc) is 2.81. The number of carbonyl (C=O) groups is 1. The lowest BCUT2D eigenvalue weighted by atomic mass is 9.93. The highest BCUT2D eigenvalue weighted by Gasteiger charge is 2.28. The van der Waals surface area contributed by atoms with Crippen LogP contribution in [0.2, 0.25) is 5.02 Å². The summed E-state index contributed by atoms with van der Waals surface area (Å²) < 4.78 is 0. The Hall–Kier alpha value is -2.38. The lowest BCUT2D eigenvalue weighted by Gasteiger charge is -2.39. The zero-order chi connectivity index (χ0) is 22.3. The van der Waals surface area contributed by atoms with E-state index in [0.717, 1.165) is 45.7 Å². The molecule has 0 aliphatic carbocycles. The number of piperazine rings is 1. The molecule has 172 valence electrons. The largest absolute Gasteiger partial charge is 0.338 e. The maximum Gasteiger partial charge on any atom is 0.317 e. The molecule has 2 aliphatic rings. The SMILES string of the molecule is C[C@@H]1CN(c2ncc(Cl)cn2)CCN1C(=O)NCCC1CCN(Cc2ccccc2)CC1. The molecule has 0 spiro atoms. The molecule has 0 radical (unpaired) electrons. The molecule has 1 aromatic carbocycles. The minimum Gasteiger partial charge on any atom is -0.338 e. The number of nitrogens with one attached hydrogen (secondary N) is 1. The van der Waals surface area contributed by atoms with Gasteiger partial charge in [-0.25, -0.2) is 14.8 Å². The summed E-state index contributed by atoms with van der Waals surface area (Å²) in [6.45, 7) is 8.23. The van der Waals surface area contributed by atoms with Crippen LogP contribution in [-0.4, -0.2) is 71.1 Å². The fraction of sp³-hybridized carbons (Fsp3) is 0.542. The summed E-state index contributed by atoms with van der Waals surface area (Å²) in [7, 11) is 0. The number of hydrogen-bond donors (Lipinski definition) is 1. The number of rotatable bonds is 6. The minimum atomic E-state index is 0.0377. The van der Waals surface area contributed by atoms with Gasteiger partial charge in [-0.05, 0) is 50.8 Å². The number of anilines is 1. The summed E-state index contributed by atoms with van der Waals surface area (Å²) in [5.41, 5.74) is 1.38. The fourth-order valence-electron chi connectivity index (χ4n) is 4.67. The van der Waals surface area contributed by atoms with Gasteiger partial charge in [0.2, 0.25) is 5.95 Å². The lowest BCUT2D eigenvalue weighted by molar-refractivity contribution is 0.162. The van der Waals surface area contributed by atoms with Gasteiger partial charge in [-0.1, -0.05) is 41.9 Å². The number of amides is 2. The molecule has 2 aliphatic heterocycles. The molecule has 2 fully saturated rings. The third kappa shape index (κ3) is 6.11. The highest BCUT2D eigenvalue weighted by molar-refractivity contribution is 6.30. The van der Waals surface area contributed by atoms with Crippen molar-refractivity contribution in [3.8, 4) is 0 Å². The fourth-order valence-corrected chi connectivity index (χ4v) is 4.77. The minimum absolute atomic E-state index is 0.0377. The number of likely N-dealkylation sites (tertiary alicyclic amines) is 1. The Kier molecular flexibility index (Phi) is 7.81. The van der Waals surface area contributed by atoms with Crippen LogP contribution in [0.25, 0.3) is 0 Å². The quantitative estimate of drug-likeness (QED) is 0.718. The van der Waals surface area contributed by atoms with Gasteiger partial charge in [-0.2, -0.15) is 0 Å². The van der Waals surface area contributed by atoms with E-state index < -0.39 is 0 Å². The van der Waals surface area contributed by atoms with Crippen molar-refractivity contribution in [2.24, 2.45) is 5.92 Å². The van der Waals surface area contributed by atoms with Crippen molar-refractivity contribution in [3.05, 3.63) is 53.3 Å². The van der Waals surface area contributed by atoms with Crippen molar-refractivity contribution in [3.63, 3.8) is 0 Å². The Morgan fingerprint density at radius 2 is 1.81 bits per heavy atom. The third-order valence-electron chi connectivity index (χ3n) is 6.56. The van der Waals surface area contributed by atoms with Gasteiger partial charge in [0.25, 0.3) is 0 Å². The molecular weight excluding hydrogens is 424 g/mol. The van der Waals surface area contributed by atoms with Gasteiger partial charge >= 0.3 is 6.03 Å². The van der Waals surface area contributed by atoms with Gasteiger partial charge in [0, 0.05) is 38.8 Å². The Morgan fingerprint density at radius 3 is 2.50 bits per heavy atom. The van der Waals surface area contributed by atoms with E-state index in [1.807, 2.05) is 4.90 Å². The molecule has 2 aromatic rings. The van der Waals surface area contributed by atoms with Gasteiger partial charge in [-0.15, -0.1) is 0 Å².